The van der Waals surface area contributed by atoms with Crippen molar-refractivity contribution in [3.8, 4) is 16.9 Å². The Balaban J connectivity index is 1.50. The van der Waals surface area contributed by atoms with E-state index in [0.29, 0.717) is 30.8 Å². The first-order valence-electron chi connectivity index (χ1n) is 13.6. The van der Waals surface area contributed by atoms with Crippen LogP contribution in [0.25, 0.3) is 22.0 Å². The van der Waals surface area contributed by atoms with Crippen LogP contribution in [0.1, 0.15) is 55.3 Å². The summed E-state index contributed by atoms with van der Waals surface area (Å²) < 4.78 is 7.90. The van der Waals surface area contributed by atoms with Crippen molar-refractivity contribution in [2.24, 2.45) is 7.05 Å². The number of halogens is 1. The number of para-hydroxylation sites is 1. The Kier molecular flexibility index (Phi) is 8.04. The number of H-pyrrole nitrogens is 1. The number of aromatic carboxylic acids is 1. The zero-order valence-electron chi connectivity index (χ0n) is 24.1. The van der Waals surface area contributed by atoms with Crippen LogP contribution >= 0.6 is 11.6 Å². The first kappa shape index (κ1) is 28.9. The maximum absolute atomic E-state index is 13.7. The lowest BCUT2D eigenvalue weighted by Crippen LogP contribution is -2.15. The first-order valence-corrected chi connectivity index (χ1v) is 14.0. The fourth-order valence-electron chi connectivity index (χ4n) is 5.35. The molecule has 2 aromatic carbocycles. The number of aromatic nitrogens is 4. The Labute approximate surface area is 248 Å². The summed E-state index contributed by atoms with van der Waals surface area (Å²) in [7, 11) is 1.91. The van der Waals surface area contributed by atoms with Crippen molar-refractivity contribution in [1.29, 1.82) is 0 Å². The number of carboxylic acids is 1. The standard InChI is InChI=1S/C32H32ClN5O4/c1-17-12-23(13-18(2)28(17)33)42-11-7-10-25-24-8-6-9-26(27-19(3)37-38(5)20(27)4)29(24)36-30(25)31(39)35-22-14-21(32(40)41)15-34-16-22/h6,8-9,12-16,36H,7,10-11H2,1-5H3,(H,35,39)(H,40,41). The van der Waals surface area contributed by atoms with Crippen molar-refractivity contribution >= 4 is 40.1 Å². The minimum atomic E-state index is -1.12. The number of nitrogens with one attached hydrogen (secondary N) is 2. The second-order valence-corrected chi connectivity index (χ2v) is 10.8. The van der Waals surface area contributed by atoms with Gasteiger partial charge in [0.25, 0.3) is 5.91 Å². The second kappa shape index (κ2) is 11.7. The molecule has 0 aliphatic heterocycles. The number of nitrogens with zero attached hydrogens (tertiary/aromatic N) is 3. The maximum Gasteiger partial charge on any atom is 0.337 e. The maximum atomic E-state index is 13.7. The molecule has 5 rings (SSSR count). The van der Waals surface area contributed by atoms with E-state index in [9.17, 15) is 14.7 Å². The predicted octanol–water partition coefficient (Wildman–Crippen LogP) is 6.81. The van der Waals surface area contributed by atoms with E-state index in [0.717, 1.165) is 60.9 Å². The van der Waals surface area contributed by atoms with E-state index in [1.165, 1.54) is 18.5 Å². The van der Waals surface area contributed by atoms with Gasteiger partial charge in [-0.2, -0.15) is 5.10 Å². The van der Waals surface area contributed by atoms with Crippen LogP contribution in [0.2, 0.25) is 5.02 Å². The molecule has 10 heteroatoms. The molecule has 0 saturated carbocycles. The highest BCUT2D eigenvalue weighted by Crippen LogP contribution is 2.36. The molecule has 0 unspecified atom stereocenters. The van der Waals surface area contributed by atoms with Gasteiger partial charge in [-0.05, 0) is 75.4 Å². The minimum Gasteiger partial charge on any atom is -0.494 e. The number of carbonyl (C=O) groups excluding carboxylic acids is 1. The Hall–Kier alpha value is -4.63. The predicted molar refractivity (Wildman–Crippen MR) is 164 cm³/mol. The summed E-state index contributed by atoms with van der Waals surface area (Å²) in [5.74, 6) is -0.759. The number of aromatic amines is 1. The van der Waals surface area contributed by atoms with Crippen LogP contribution in [0.5, 0.6) is 5.75 Å². The van der Waals surface area contributed by atoms with Gasteiger partial charge in [-0.3, -0.25) is 14.5 Å². The fraction of sp³-hybridized carbons (Fsp3) is 0.250. The molecular weight excluding hydrogens is 554 g/mol. The highest BCUT2D eigenvalue weighted by molar-refractivity contribution is 6.32. The molecule has 0 aliphatic carbocycles. The monoisotopic (exact) mass is 585 g/mol. The van der Waals surface area contributed by atoms with Crippen LogP contribution in [0.15, 0.2) is 48.8 Å². The number of ether oxygens (including phenoxy) is 1. The van der Waals surface area contributed by atoms with E-state index >= 15 is 0 Å². The van der Waals surface area contributed by atoms with Crippen LogP contribution in [0, 0.1) is 27.7 Å². The molecule has 3 N–H and O–H groups in total. The number of pyridine rings is 1. The van der Waals surface area contributed by atoms with Crippen LogP contribution in [0.3, 0.4) is 0 Å². The summed E-state index contributed by atoms with van der Waals surface area (Å²) in [5.41, 5.74) is 8.14. The van der Waals surface area contributed by atoms with Gasteiger partial charge < -0.3 is 20.1 Å². The third-order valence-electron chi connectivity index (χ3n) is 7.44. The average molecular weight is 586 g/mol. The van der Waals surface area contributed by atoms with Crippen LogP contribution in [-0.2, 0) is 13.5 Å². The number of amides is 1. The topological polar surface area (TPSA) is 122 Å². The van der Waals surface area contributed by atoms with Crippen molar-refractivity contribution in [3.05, 3.63) is 93.2 Å². The zero-order chi connectivity index (χ0) is 30.1. The number of hydrogen-bond acceptors (Lipinski definition) is 5. The molecule has 9 nitrogen and oxygen atoms in total. The van der Waals surface area contributed by atoms with Gasteiger partial charge in [-0.1, -0.05) is 29.8 Å². The van der Waals surface area contributed by atoms with Gasteiger partial charge in [0.2, 0.25) is 0 Å². The number of carboxylic acid groups (broad SMARTS) is 1. The van der Waals surface area contributed by atoms with Crippen LogP contribution in [-0.4, -0.2) is 43.3 Å². The number of aryl methyl sites for hydroxylation is 5. The van der Waals surface area contributed by atoms with Crippen molar-refractivity contribution in [2.75, 3.05) is 11.9 Å². The third-order valence-corrected chi connectivity index (χ3v) is 8.04. The van der Waals surface area contributed by atoms with Crippen molar-refractivity contribution in [2.45, 2.75) is 40.5 Å². The van der Waals surface area contributed by atoms with Gasteiger partial charge in [0, 0.05) is 40.5 Å². The highest BCUT2D eigenvalue weighted by Gasteiger charge is 2.22. The number of fused-ring (bicyclic) bond motifs is 1. The molecule has 3 aromatic heterocycles. The quantitative estimate of drug-likeness (QED) is 0.163. The third kappa shape index (κ3) is 5.60. The van der Waals surface area contributed by atoms with Gasteiger partial charge in [-0.25, -0.2) is 4.79 Å². The van der Waals surface area contributed by atoms with Crippen molar-refractivity contribution < 1.29 is 19.4 Å². The van der Waals surface area contributed by atoms with Crippen LogP contribution < -0.4 is 10.1 Å². The summed E-state index contributed by atoms with van der Waals surface area (Å²) in [6.45, 7) is 8.33. The van der Waals surface area contributed by atoms with Gasteiger partial charge >= 0.3 is 5.97 Å². The SMILES string of the molecule is Cc1cc(OCCCc2c(C(=O)Nc3cncc(C(=O)O)c3)[nH]c3c(-c4c(C)nn(C)c4C)cccc23)cc(C)c1Cl. The van der Waals surface area contributed by atoms with E-state index in [4.69, 9.17) is 16.3 Å². The molecule has 0 radical (unpaired) electrons. The number of anilines is 1. The van der Waals surface area contributed by atoms with Gasteiger partial charge in [0.15, 0.2) is 0 Å². The van der Waals surface area contributed by atoms with E-state index in [1.807, 2.05) is 69.8 Å². The molecule has 0 bridgehead atoms. The van der Waals surface area contributed by atoms with E-state index in [-0.39, 0.29) is 11.5 Å². The lowest BCUT2D eigenvalue weighted by molar-refractivity contribution is 0.0696. The first-order chi connectivity index (χ1) is 20.0. The molecule has 0 atom stereocenters. The summed E-state index contributed by atoms with van der Waals surface area (Å²) >= 11 is 6.31. The molecule has 5 aromatic rings. The molecule has 1 amide bonds. The Bertz CT molecular complexity index is 1820. The van der Waals surface area contributed by atoms with Crippen molar-refractivity contribution in [1.82, 2.24) is 19.7 Å². The summed E-state index contributed by atoms with van der Waals surface area (Å²) in [6.07, 6.45) is 3.88. The number of rotatable bonds is 9. The lowest BCUT2D eigenvalue weighted by Gasteiger charge is -2.11. The Morgan fingerprint density at radius 3 is 2.50 bits per heavy atom. The lowest BCUT2D eigenvalue weighted by atomic mass is 9.98. The summed E-state index contributed by atoms with van der Waals surface area (Å²) in [4.78, 5) is 32.4. The largest absolute Gasteiger partial charge is 0.494 e. The van der Waals surface area contributed by atoms with Gasteiger partial charge in [0.1, 0.15) is 11.4 Å². The molecule has 216 valence electrons. The van der Waals surface area contributed by atoms with E-state index in [1.54, 1.807) is 0 Å². The Morgan fingerprint density at radius 2 is 1.83 bits per heavy atom. The zero-order valence-corrected chi connectivity index (χ0v) is 24.9. The number of carbonyl (C=O) groups is 2. The van der Waals surface area contributed by atoms with E-state index in [2.05, 4.69) is 20.4 Å². The molecule has 0 aliphatic rings. The van der Waals surface area contributed by atoms with Gasteiger partial charge in [-0.15, -0.1) is 0 Å². The van der Waals surface area contributed by atoms with Crippen molar-refractivity contribution in [3.63, 3.8) is 0 Å². The van der Waals surface area contributed by atoms with Gasteiger partial charge in [0.05, 0.1) is 35.3 Å². The average Bonchev–Trinajstić information content (AvgIpc) is 3.45. The minimum absolute atomic E-state index is 0.0145. The molecule has 0 saturated heterocycles. The fourth-order valence-corrected chi connectivity index (χ4v) is 5.46. The second-order valence-electron chi connectivity index (χ2n) is 10.4. The Morgan fingerprint density at radius 1 is 1.10 bits per heavy atom. The molecule has 0 spiro atoms. The molecule has 0 fully saturated rings. The molecule has 42 heavy (non-hydrogen) atoms. The van der Waals surface area contributed by atoms with E-state index < -0.39 is 5.97 Å². The van der Waals surface area contributed by atoms with Crippen LogP contribution in [0.4, 0.5) is 5.69 Å². The summed E-state index contributed by atoms with van der Waals surface area (Å²) in [5, 5.41) is 18.4. The summed E-state index contributed by atoms with van der Waals surface area (Å²) in [6, 6.07) is 11.2. The number of benzene rings is 2. The highest BCUT2D eigenvalue weighted by atomic mass is 35.5. The molecular formula is C32H32ClN5O4. The number of hydrogen-bond donors (Lipinski definition) is 3. The molecule has 3 heterocycles. The smallest absolute Gasteiger partial charge is 0.337 e. The normalized spacial score (nSPS) is 11.2.